The number of methoxy groups -OCH3 is 1. The second-order valence-electron chi connectivity index (χ2n) is 5.66. The average Bonchev–Trinajstić information content (AvgIpc) is 3.04. The molecule has 3 rings (SSSR count). The Labute approximate surface area is 159 Å². The Balaban J connectivity index is 1.69. The smallest absolute Gasteiger partial charge is 0.280 e. The second-order valence-corrected chi connectivity index (χ2v) is 5.66. The summed E-state index contributed by atoms with van der Waals surface area (Å²) in [6.07, 6.45) is 0. The molecule has 1 heterocycles. The number of para-hydroxylation sites is 3. The molecule has 28 heavy (non-hydrogen) atoms. The van der Waals surface area contributed by atoms with E-state index < -0.39 is 17.6 Å². The van der Waals surface area contributed by atoms with E-state index in [0.717, 1.165) is 4.68 Å². The van der Waals surface area contributed by atoms with Gasteiger partial charge >= 0.3 is 0 Å². The van der Waals surface area contributed by atoms with Crippen molar-refractivity contribution in [2.24, 2.45) is 0 Å². The minimum absolute atomic E-state index is 0.0182. The zero-order valence-electron chi connectivity index (χ0n) is 14.8. The van der Waals surface area contributed by atoms with E-state index >= 15 is 0 Å². The Morgan fingerprint density at radius 1 is 1.11 bits per heavy atom. The van der Waals surface area contributed by atoms with Gasteiger partial charge in [-0.05, 0) is 24.3 Å². The lowest BCUT2D eigenvalue weighted by Gasteiger charge is -2.10. The molecule has 144 valence electrons. The summed E-state index contributed by atoms with van der Waals surface area (Å²) in [6, 6.07) is 12.6. The van der Waals surface area contributed by atoms with Crippen LogP contribution in [0.3, 0.4) is 0 Å². The number of nitrogen functional groups attached to an aromatic ring is 1. The highest BCUT2D eigenvalue weighted by Gasteiger charge is 2.20. The van der Waals surface area contributed by atoms with Crippen molar-refractivity contribution in [3.63, 3.8) is 0 Å². The maximum absolute atomic E-state index is 13.7. The van der Waals surface area contributed by atoms with E-state index in [2.05, 4.69) is 20.9 Å². The highest BCUT2D eigenvalue weighted by atomic mass is 19.1. The van der Waals surface area contributed by atoms with Crippen LogP contribution >= 0.6 is 0 Å². The summed E-state index contributed by atoms with van der Waals surface area (Å²) in [4.78, 5) is 24.5. The molecule has 10 heteroatoms. The monoisotopic (exact) mass is 384 g/mol. The molecule has 0 saturated heterocycles. The van der Waals surface area contributed by atoms with E-state index in [-0.39, 0.29) is 23.7 Å². The number of nitrogens with one attached hydrogen (secondary N) is 2. The van der Waals surface area contributed by atoms with E-state index in [1.165, 1.54) is 25.3 Å². The minimum atomic E-state index is -0.737. The van der Waals surface area contributed by atoms with Crippen molar-refractivity contribution in [3.05, 3.63) is 60.0 Å². The molecule has 0 radical (unpaired) electrons. The molecule has 0 atom stereocenters. The van der Waals surface area contributed by atoms with E-state index in [1.807, 2.05) is 0 Å². The number of ether oxygens (including phenoxy) is 1. The van der Waals surface area contributed by atoms with Crippen molar-refractivity contribution in [2.75, 3.05) is 23.5 Å². The average molecular weight is 384 g/mol. The van der Waals surface area contributed by atoms with Gasteiger partial charge in [-0.1, -0.05) is 29.5 Å². The molecular formula is C18H17FN6O3. The Bertz CT molecular complexity index is 1020. The fourth-order valence-electron chi connectivity index (χ4n) is 2.42. The summed E-state index contributed by atoms with van der Waals surface area (Å²) in [6.45, 7) is -0.274. The number of anilines is 3. The summed E-state index contributed by atoms with van der Waals surface area (Å²) >= 11 is 0. The van der Waals surface area contributed by atoms with Crippen molar-refractivity contribution in [1.82, 2.24) is 15.0 Å². The predicted octanol–water partition coefficient (Wildman–Crippen LogP) is 1.90. The van der Waals surface area contributed by atoms with Crippen LogP contribution in [0.5, 0.6) is 5.75 Å². The number of rotatable bonds is 6. The number of hydrogen-bond donors (Lipinski definition) is 3. The van der Waals surface area contributed by atoms with Crippen LogP contribution in [0.15, 0.2) is 48.5 Å². The van der Waals surface area contributed by atoms with Gasteiger partial charge in [0.2, 0.25) is 5.91 Å². The van der Waals surface area contributed by atoms with Crippen LogP contribution in [0.1, 0.15) is 10.5 Å². The molecule has 2 amide bonds. The fraction of sp³-hybridized carbons (Fsp3) is 0.111. The molecule has 0 saturated carbocycles. The van der Waals surface area contributed by atoms with Crippen LogP contribution in [0.25, 0.3) is 0 Å². The molecule has 3 aromatic rings. The summed E-state index contributed by atoms with van der Waals surface area (Å²) < 4.78 is 19.9. The Morgan fingerprint density at radius 2 is 1.79 bits per heavy atom. The van der Waals surface area contributed by atoms with Crippen LogP contribution in [0.4, 0.5) is 21.6 Å². The number of amides is 2. The molecule has 2 aromatic carbocycles. The van der Waals surface area contributed by atoms with Crippen molar-refractivity contribution in [2.45, 2.75) is 6.54 Å². The third kappa shape index (κ3) is 4.06. The molecule has 0 aliphatic heterocycles. The SMILES string of the molecule is COc1ccccc1NC(=O)Cn1nnc(C(=O)Nc2ccccc2F)c1N. The molecule has 0 aliphatic rings. The second kappa shape index (κ2) is 8.16. The largest absolute Gasteiger partial charge is 0.495 e. The van der Waals surface area contributed by atoms with Crippen LogP contribution in [0.2, 0.25) is 0 Å². The van der Waals surface area contributed by atoms with Gasteiger partial charge in [-0.3, -0.25) is 9.59 Å². The number of halogens is 1. The van der Waals surface area contributed by atoms with Gasteiger partial charge in [0.15, 0.2) is 11.5 Å². The summed E-state index contributed by atoms with van der Waals surface area (Å²) in [5.41, 5.74) is 6.12. The Hall–Kier alpha value is -3.95. The van der Waals surface area contributed by atoms with Crippen LogP contribution in [0, 0.1) is 5.82 Å². The van der Waals surface area contributed by atoms with Gasteiger partial charge in [0.05, 0.1) is 18.5 Å². The van der Waals surface area contributed by atoms with Crippen LogP contribution in [-0.4, -0.2) is 33.9 Å². The highest BCUT2D eigenvalue weighted by molar-refractivity contribution is 6.05. The summed E-state index contributed by atoms with van der Waals surface area (Å²) in [5.74, 6) is -1.41. The van der Waals surface area contributed by atoms with Gasteiger partial charge in [-0.15, -0.1) is 5.10 Å². The lowest BCUT2D eigenvalue weighted by molar-refractivity contribution is -0.116. The number of nitrogens with zero attached hydrogens (tertiary/aromatic N) is 3. The van der Waals surface area contributed by atoms with Gasteiger partial charge in [0.25, 0.3) is 5.91 Å². The lowest BCUT2D eigenvalue weighted by Crippen LogP contribution is -2.21. The summed E-state index contributed by atoms with van der Waals surface area (Å²) in [5, 5.41) is 12.4. The number of carbonyl (C=O) groups excluding carboxylic acids is 2. The third-order valence-electron chi connectivity index (χ3n) is 3.78. The number of aromatic nitrogens is 3. The van der Waals surface area contributed by atoms with Gasteiger partial charge in [0.1, 0.15) is 18.1 Å². The first-order valence-corrected chi connectivity index (χ1v) is 8.17. The van der Waals surface area contributed by atoms with Crippen molar-refractivity contribution >= 4 is 29.0 Å². The normalized spacial score (nSPS) is 10.4. The van der Waals surface area contributed by atoms with Gasteiger partial charge in [-0.25, -0.2) is 9.07 Å². The van der Waals surface area contributed by atoms with Crippen molar-refractivity contribution < 1.29 is 18.7 Å². The molecule has 0 spiro atoms. The highest BCUT2D eigenvalue weighted by Crippen LogP contribution is 2.23. The molecule has 9 nitrogen and oxygen atoms in total. The molecule has 0 fully saturated rings. The lowest BCUT2D eigenvalue weighted by atomic mass is 10.3. The number of benzene rings is 2. The van der Waals surface area contributed by atoms with E-state index in [4.69, 9.17) is 10.5 Å². The number of hydrogen-bond acceptors (Lipinski definition) is 6. The molecule has 0 aliphatic carbocycles. The first-order chi connectivity index (χ1) is 13.5. The van der Waals surface area contributed by atoms with Crippen molar-refractivity contribution in [3.8, 4) is 5.75 Å². The maximum Gasteiger partial charge on any atom is 0.280 e. The predicted molar refractivity (Wildman–Crippen MR) is 100 cm³/mol. The Morgan fingerprint density at radius 3 is 2.50 bits per heavy atom. The van der Waals surface area contributed by atoms with E-state index in [9.17, 15) is 14.0 Å². The third-order valence-corrected chi connectivity index (χ3v) is 3.78. The van der Waals surface area contributed by atoms with E-state index in [1.54, 1.807) is 30.3 Å². The van der Waals surface area contributed by atoms with E-state index in [0.29, 0.717) is 11.4 Å². The molecule has 4 N–H and O–H groups in total. The topological polar surface area (TPSA) is 124 Å². The fourth-order valence-corrected chi connectivity index (χ4v) is 2.42. The van der Waals surface area contributed by atoms with Gasteiger partial charge in [-0.2, -0.15) is 0 Å². The van der Waals surface area contributed by atoms with Crippen LogP contribution in [-0.2, 0) is 11.3 Å². The standard InChI is InChI=1S/C18H17FN6O3/c1-28-14-9-5-4-8-13(14)21-15(26)10-25-17(20)16(23-24-25)18(27)22-12-7-3-2-6-11(12)19/h2-9H,10,20H2,1H3,(H,21,26)(H,22,27). The number of carbonyl (C=O) groups is 2. The van der Waals surface area contributed by atoms with Gasteiger partial charge < -0.3 is 21.1 Å². The van der Waals surface area contributed by atoms with Crippen molar-refractivity contribution in [1.29, 1.82) is 0 Å². The molecular weight excluding hydrogens is 367 g/mol. The summed E-state index contributed by atoms with van der Waals surface area (Å²) in [7, 11) is 1.49. The molecule has 0 bridgehead atoms. The maximum atomic E-state index is 13.7. The molecule has 1 aromatic heterocycles. The first kappa shape index (κ1) is 18.8. The quantitative estimate of drug-likeness (QED) is 0.596. The number of nitrogens with two attached hydrogens (primary N) is 1. The zero-order chi connectivity index (χ0) is 20.1. The zero-order valence-corrected chi connectivity index (χ0v) is 14.8. The first-order valence-electron chi connectivity index (χ1n) is 8.17. The minimum Gasteiger partial charge on any atom is -0.495 e. The van der Waals surface area contributed by atoms with Crippen LogP contribution < -0.4 is 21.1 Å². The molecule has 0 unspecified atom stereocenters. The Kier molecular flexibility index (Phi) is 5.49. The van der Waals surface area contributed by atoms with Gasteiger partial charge in [0, 0.05) is 0 Å².